The highest BCUT2D eigenvalue weighted by Crippen LogP contribution is 2.42. The number of likely N-dealkylation sites (N-methyl/N-ethyl adjacent to an activating group) is 1. The zero-order valence-corrected chi connectivity index (χ0v) is 14.2. The van der Waals surface area contributed by atoms with E-state index in [2.05, 4.69) is 31.1 Å². The van der Waals surface area contributed by atoms with E-state index in [0.29, 0.717) is 18.6 Å². The molecule has 0 aromatic rings. The zero-order valence-electron chi connectivity index (χ0n) is 14.2. The Labute approximate surface area is 129 Å². The minimum atomic E-state index is -0.496. The minimum absolute atomic E-state index is 0.0456. The first-order valence-electron chi connectivity index (χ1n) is 8.67. The monoisotopic (exact) mass is 296 g/mol. The van der Waals surface area contributed by atoms with Gasteiger partial charge in [0.2, 0.25) is 0 Å². The highest BCUT2D eigenvalue weighted by molar-refractivity contribution is 5.82. The van der Waals surface area contributed by atoms with E-state index >= 15 is 0 Å². The van der Waals surface area contributed by atoms with Gasteiger partial charge in [-0.05, 0) is 71.4 Å². The van der Waals surface area contributed by atoms with Crippen LogP contribution in [-0.2, 0) is 9.53 Å². The third kappa shape index (κ3) is 3.98. The molecule has 4 heteroatoms. The van der Waals surface area contributed by atoms with Gasteiger partial charge in [-0.15, -0.1) is 0 Å². The fraction of sp³-hybridized carbons (Fsp3) is 0.941. The van der Waals surface area contributed by atoms with E-state index in [1.807, 2.05) is 6.92 Å². The predicted molar refractivity (Wildman–Crippen MR) is 85.2 cm³/mol. The number of esters is 1. The van der Waals surface area contributed by atoms with Crippen LogP contribution in [0.4, 0.5) is 0 Å². The smallest absolute Gasteiger partial charge is 0.327 e. The van der Waals surface area contributed by atoms with Gasteiger partial charge < -0.3 is 15.0 Å². The third-order valence-electron chi connectivity index (χ3n) is 5.10. The van der Waals surface area contributed by atoms with Crippen LogP contribution in [0, 0.1) is 11.8 Å². The molecule has 0 aromatic carbocycles. The Bertz CT molecular complexity index is 353. The lowest BCUT2D eigenvalue weighted by Gasteiger charge is -2.38. The molecule has 0 bridgehead atoms. The van der Waals surface area contributed by atoms with Crippen LogP contribution in [0.1, 0.15) is 52.9 Å². The molecule has 0 heterocycles. The van der Waals surface area contributed by atoms with Crippen molar-refractivity contribution in [1.29, 1.82) is 0 Å². The highest BCUT2D eigenvalue weighted by Gasteiger charge is 2.52. The molecule has 0 radical (unpaired) electrons. The number of nitrogens with zero attached hydrogens (tertiary/aromatic N) is 1. The number of carbonyl (C=O) groups excluding carboxylic acids is 1. The van der Waals surface area contributed by atoms with E-state index < -0.39 is 5.54 Å². The Morgan fingerprint density at radius 1 is 1.33 bits per heavy atom. The SMILES string of the molecule is CCCNC(CN(C)C(C)C1CC1)(C(=O)OCC)C1CC1. The Kier molecular flexibility index (Phi) is 5.67. The molecule has 0 saturated heterocycles. The van der Waals surface area contributed by atoms with E-state index in [1.54, 1.807) is 0 Å². The molecular formula is C17H32N2O2. The number of ether oxygens (including phenoxy) is 1. The van der Waals surface area contributed by atoms with Gasteiger partial charge in [-0.1, -0.05) is 6.92 Å². The summed E-state index contributed by atoms with van der Waals surface area (Å²) in [5, 5.41) is 3.56. The van der Waals surface area contributed by atoms with Crippen molar-refractivity contribution in [1.82, 2.24) is 10.2 Å². The second kappa shape index (κ2) is 7.10. The Balaban J connectivity index is 2.09. The Morgan fingerprint density at radius 3 is 2.48 bits per heavy atom. The molecule has 0 amide bonds. The van der Waals surface area contributed by atoms with Crippen LogP contribution in [0.25, 0.3) is 0 Å². The van der Waals surface area contributed by atoms with Gasteiger partial charge >= 0.3 is 5.97 Å². The van der Waals surface area contributed by atoms with Gasteiger partial charge in [0.1, 0.15) is 5.54 Å². The summed E-state index contributed by atoms with van der Waals surface area (Å²) in [6.07, 6.45) is 5.99. The summed E-state index contributed by atoms with van der Waals surface area (Å²) in [4.78, 5) is 15.1. The van der Waals surface area contributed by atoms with Gasteiger partial charge in [-0.3, -0.25) is 0 Å². The van der Waals surface area contributed by atoms with E-state index in [-0.39, 0.29) is 5.97 Å². The van der Waals surface area contributed by atoms with E-state index in [4.69, 9.17) is 4.74 Å². The maximum atomic E-state index is 12.7. The molecule has 2 aliphatic carbocycles. The molecule has 2 rings (SSSR count). The lowest BCUT2D eigenvalue weighted by molar-refractivity contribution is -0.153. The Hall–Kier alpha value is -0.610. The standard InChI is InChI=1S/C17H32N2O2/c1-5-11-18-17(15-9-10-15,16(20)21-6-2)12-19(4)13(3)14-7-8-14/h13-15,18H,5-12H2,1-4H3. The molecule has 0 spiro atoms. The summed E-state index contributed by atoms with van der Waals surface area (Å²) in [5.41, 5.74) is -0.496. The molecule has 4 nitrogen and oxygen atoms in total. The van der Waals surface area contributed by atoms with Crippen molar-refractivity contribution in [3.63, 3.8) is 0 Å². The molecule has 122 valence electrons. The topological polar surface area (TPSA) is 41.6 Å². The molecule has 1 N–H and O–H groups in total. The number of nitrogens with one attached hydrogen (secondary N) is 1. The molecule has 2 atom stereocenters. The molecule has 2 fully saturated rings. The average molecular weight is 296 g/mol. The van der Waals surface area contributed by atoms with Crippen molar-refractivity contribution in [2.45, 2.75) is 64.5 Å². The molecular weight excluding hydrogens is 264 g/mol. The van der Waals surface area contributed by atoms with Gasteiger partial charge in [0.15, 0.2) is 0 Å². The van der Waals surface area contributed by atoms with Crippen LogP contribution in [0.15, 0.2) is 0 Å². The summed E-state index contributed by atoms with van der Waals surface area (Å²) in [6.45, 7) is 8.44. The number of hydrogen-bond donors (Lipinski definition) is 1. The second-order valence-corrected chi connectivity index (χ2v) is 6.89. The van der Waals surface area contributed by atoms with Crippen LogP contribution in [-0.4, -0.2) is 49.2 Å². The van der Waals surface area contributed by atoms with E-state index in [1.165, 1.54) is 12.8 Å². The molecule has 0 aromatic heterocycles. The lowest BCUT2D eigenvalue weighted by Crippen LogP contribution is -2.62. The number of carbonyl (C=O) groups is 1. The van der Waals surface area contributed by atoms with Gasteiger partial charge in [-0.25, -0.2) is 4.79 Å². The van der Waals surface area contributed by atoms with Crippen LogP contribution in [0.5, 0.6) is 0 Å². The van der Waals surface area contributed by atoms with Gasteiger partial charge in [-0.2, -0.15) is 0 Å². The van der Waals surface area contributed by atoms with Crippen molar-refractivity contribution in [3.8, 4) is 0 Å². The largest absolute Gasteiger partial charge is 0.465 e. The van der Waals surface area contributed by atoms with Gasteiger partial charge in [0, 0.05) is 12.6 Å². The van der Waals surface area contributed by atoms with Crippen molar-refractivity contribution in [2.24, 2.45) is 11.8 Å². The highest BCUT2D eigenvalue weighted by atomic mass is 16.5. The van der Waals surface area contributed by atoms with E-state index in [9.17, 15) is 4.79 Å². The quantitative estimate of drug-likeness (QED) is 0.629. The summed E-state index contributed by atoms with van der Waals surface area (Å²) >= 11 is 0. The molecule has 2 unspecified atom stereocenters. The molecule has 2 aliphatic rings. The van der Waals surface area contributed by atoms with Gasteiger partial charge in [0.25, 0.3) is 0 Å². The second-order valence-electron chi connectivity index (χ2n) is 6.89. The van der Waals surface area contributed by atoms with Crippen LogP contribution in [0.2, 0.25) is 0 Å². The number of hydrogen-bond acceptors (Lipinski definition) is 4. The minimum Gasteiger partial charge on any atom is -0.465 e. The fourth-order valence-corrected chi connectivity index (χ4v) is 3.29. The summed E-state index contributed by atoms with van der Waals surface area (Å²) in [6, 6.07) is 0.556. The van der Waals surface area contributed by atoms with Crippen LogP contribution in [0.3, 0.4) is 0 Å². The lowest BCUT2D eigenvalue weighted by atomic mass is 9.91. The van der Waals surface area contributed by atoms with Crippen molar-refractivity contribution in [3.05, 3.63) is 0 Å². The molecule has 21 heavy (non-hydrogen) atoms. The average Bonchev–Trinajstić information content (AvgIpc) is 3.32. The normalized spacial score (nSPS) is 22.9. The van der Waals surface area contributed by atoms with E-state index in [0.717, 1.165) is 38.3 Å². The molecule has 2 saturated carbocycles. The Morgan fingerprint density at radius 2 is 2.00 bits per heavy atom. The maximum Gasteiger partial charge on any atom is 0.327 e. The first-order valence-corrected chi connectivity index (χ1v) is 8.67. The summed E-state index contributed by atoms with van der Waals surface area (Å²) < 4.78 is 5.43. The van der Waals surface area contributed by atoms with Crippen molar-refractivity contribution in [2.75, 3.05) is 26.7 Å². The first kappa shape index (κ1) is 16.8. The predicted octanol–water partition coefficient (Wildman–Crippen LogP) is 2.43. The first-order chi connectivity index (χ1) is 10.0. The summed E-state index contributed by atoms with van der Waals surface area (Å²) in [7, 11) is 2.16. The zero-order chi connectivity index (χ0) is 15.5. The van der Waals surface area contributed by atoms with Crippen molar-refractivity contribution >= 4 is 5.97 Å². The summed E-state index contributed by atoms with van der Waals surface area (Å²) in [5.74, 6) is 1.22. The fourth-order valence-electron chi connectivity index (χ4n) is 3.29. The van der Waals surface area contributed by atoms with Crippen LogP contribution >= 0.6 is 0 Å². The van der Waals surface area contributed by atoms with Gasteiger partial charge in [0.05, 0.1) is 6.61 Å². The molecule has 0 aliphatic heterocycles. The number of rotatable bonds is 10. The van der Waals surface area contributed by atoms with Crippen molar-refractivity contribution < 1.29 is 9.53 Å². The maximum absolute atomic E-state index is 12.7. The van der Waals surface area contributed by atoms with Crippen LogP contribution < -0.4 is 5.32 Å². The third-order valence-corrected chi connectivity index (χ3v) is 5.10.